The third kappa shape index (κ3) is 4.78. The molecule has 0 saturated carbocycles. The van der Waals surface area contributed by atoms with Crippen LogP contribution in [0.2, 0.25) is 0 Å². The van der Waals surface area contributed by atoms with E-state index in [1.54, 1.807) is 0 Å². The van der Waals surface area contributed by atoms with Crippen LogP contribution in [0.5, 0.6) is 0 Å². The van der Waals surface area contributed by atoms with E-state index >= 15 is 0 Å². The van der Waals surface area contributed by atoms with Crippen LogP contribution in [0.25, 0.3) is 0 Å². The lowest BCUT2D eigenvalue weighted by Crippen LogP contribution is -2.51. The Labute approximate surface area is 98.3 Å². The van der Waals surface area contributed by atoms with Crippen LogP contribution in [0.4, 0.5) is 13.2 Å². The first kappa shape index (κ1) is 14.7. The molecule has 17 heavy (non-hydrogen) atoms. The summed E-state index contributed by atoms with van der Waals surface area (Å²) in [7, 11) is -4.15. The maximum absolute atomic E-state index is 12.0. The topological polar surface area (TPSA) is 75.4 Å². The Balaban J connectivity index is 2.67. The van der Waals surface area contributed by atoms with E-state index in [1.807, 2.05) is 0 Å². The molecular weight excluding hydrogens is 259 g/mol. The lowest BCUT2D eigenvalue weighted by atomic mass is 10.2. The molecule has 9 heteroatoms. The molecule has 0 aromatic rings. The molecule has 1 rings (SSSR count). The van der Waals surface area contributed by atoms with E-state index in [0.29, 0.717) is 12.8 Å². The molecule has 3 N–H and O–H groups in total. The van der Waals surface area contributed by atoms with Crippen molar-refractivity contribution in [2.24, 2.45) is 5.73 Å². The smallest absolute Gasteiger partial charge is 0.315 e. The van der Waals surface area contributed by atoms with Crippen LogP contribution in [-0.2, 0) is 10.2 Å². The van der Waals surface area contributed by atoms with Crippen molar-refractivity contribution in [3.63, 3.8) is 0 Å². The Morgan fingerprint density at radius 3 is 2.53 bits per heavy atom. The minimum Gasteiger partial charge on any atom is -0.315 e. The summed E-state index contributed by atoms with van der Waals surface area (Å²) in [5, 5.41) is 0. The van der Waals surface area contributed by atoms with Gasteiger partial charge >= 0.3 is 6.18 Å². The van der Waals surface area contributed by atoms with Gasteiger partial charge in [0.1, 0.15) is 6.54 Å². The molecule has 0 aromatic carbocycles. The molecule has 1 fully saturated rings. The second-order valence-electron chi connectivity index (χ2n) is 3.97. The van der Waals surface area contributed by atoms with Gasteiger partial charge in [-0.3, -0.25) is 0 Å². The summed E-state index contributed by atoms with van der Waals surface area (Å²) >= 11 is 0. The number of nitrogens with one attached hydrogen (secondary N) is 1. The van der Waals surface area contributed by atoms with Gasteiger partial charge in [-0.2, -0.15) is 30.6 Å². The van der Waals surface area contributed by atoms with Crippen LogP contribution >= 0.6 is 0 Å². The first-order valence-corrected chi connectivity index (χ1v) is 6.75. The van der Waals surface area contributed by atoms with Gasteiger partial charge in [-0.05, 0) is 12.8 Å². The van der Waals surface area contributed by atoms with Crippen LogP contribution in [0.1, 0.15) is 25.7 Å². The Bertz CT molecular complexity index is 344. The van der Waals surface area contributed by atoms with Crippen LogP contribution in [0, 0.1) is 0 Å². The summed E-state index contributed by atoms with van der Waals surface area (Å²) in [4.78, 5) is 0. The Kier molecular flexibility index (Phi) is 4.76. The lowest BCUT2D eigenvalue weighted by molar-refractivity contribution is -0.121. The molecule has 0 aliphatic carbocycles. The first-order chi connectivity index (χ1) is 7.72. The SMILES string of the molecule is NC1CCCCCN1S(=O)(=O)NCC(F)(F)F. The summed E-state index contributed by atoms with van der Waals surface area (Å²) < 4.78 is 61.6. The summed E-state index contributed by atoms with van der Waals surface area (Å²) in [6, 6.07) is 0. The van der Waals surface area contributed by atoms with Gasteiger partial charge in [-0.25, -0.2) is 0 Å². The molecule has 1 heterocycles. The molecule has 1 saturated heterocycles. The predicted octanol–water partition coefficient (Wildman–Crippen LogP) is 0.544. The zero-order valence-electron chi connectivity index (χ0n) is 9.20. The number of hydrogen-bond acceptors (Lipinski definition) is 3. The molecule has 102 valence electrons. The van der Waals surface area contributed by atoms with Gasteiger partial charge in [0, 0.05) is 6.54 Å². The van der Waals surface area contributed by atoms with Crippen molar-refractivity contribution in [3.8, 4) is 0 Å². The van der Waals surface area contributed by atoms with Gasteiger partial charge in [-0.15, -0.1) is 0 Å². The van der Waals surface area contributed by atoms with Gasteiger partial charge in [0.15, 0.2) is 0 Å². The van der Waals surface area contributed by atoms with Crippen LogP contribution in [0.3, 0.4) is 0 Å². The molecule has 1 aliphatic rings. The molecular formula is C8H16F3N3O2S. The van der Waals surface area contributed by atoms with Crippen molar-refractivity contribution in [1.29, 1.82) is 0 Å². The fraction of sp³-hybridized carbons (Fsp3) is 1.00. The number of alkyl halides is 3. The van der Waals surface area contributed by atoms with Crippen molar-refractivity contribution >= 4 is 10.2 Å². The molecule has 0 amide bonds. The van der Waals surface area contributed by atoms with Crippen molar-refractivity contribution < 1.29 is 21.6 Å². The maximum Gasteiger partial charge on any atom is 0.402 e. The Hall–Kier alpha value is -0.380. The van der Waals surface area contributed by atoms with Crippen LogP contribution < -0.4 is 10.5 Å². The van der Waals surface area contributed by atoms with Gasteiger partial charge in [0.05, 0.1) is 6.17 Å². The number of hydrogen-bond donors (Lipinski definition) is 2. The highest BCUT2D eigenvalue weighted by Crippen LogP contribution is 2.18. The van der Waals surface area contributed by atoms with Gasteiger partial charge in [0.2, 0.25) is 0 Å². The molecule has 0 aromatic heterocycles. The maximum atomic E-state index is 12.0. The highest BCUT2D eigenvalue weighted by atomic mass is 32.2. The van der Waals surface area contributed by atoms with Crippen LogP contribution in [-0.4, -0.2) is 38.2 Å². The second kappa shape index (κ2) is 5.51. The van der Waals surface area contributed by atoms with E-state index in [1.165, 1.54) is 4.72 Å². The van der Waals surface area contributed by atoms with Crippen molar-refractivity contribution in [1.82, 2.24) is 9.03 Å². The largest absolute Gasteiger partial charge is 0.402 e. The third-order valence-corrected chi connectivity index (χ3v) is 4.09. The number of nitrogens with two attached hydrogens (primary N) is 1. The highest BCUT2D eigenvalue weighted by Gasteiger charge is 2.34. The molecule has 0 bridgehead atoms. The first-order valence-electron chi connectivity index (χ1n) is 5.31. The van der Waals surface area contributed by atoms with Crippen molar-refractivity contribution in [2.75, 3.05) is 13.1 Å². The van der Waals surface area contributed by atoms with E-state index in [4.69, 9.17) is 5.73 Å². The molecule has 1 aliphatic heterocycles. The van der Waals surface area contributed by atoms with E-state index in [-0.39, 0.29) is 6.54 Å². The quantitative estimate of drug-likeness (QED) is 0.789. The standard InChI is InChI=1S/C8H16F3N3O2S/c9-8(10,11)6-13-17(15,16)14-5-3-1-2-4-7(14)12/h7,13H,1-6,12H2. The van der Waals surface area contributed by atoms with Crippen molar-refractivity contribution in [3.05, 3.63) is 0 Å². The zero-order valence-corrected chi connectivity index (χ0v) is 10.0. The predicted molar refractivity (Wildman–Crippen MR) is 56.1 cm³/mol. The third-order valence-electron chi connectivity index (χ3n) is 2.51. The second-order valence-corrected chi connectivity index (χ2v) is 5.68. The average Bonchev–Trinajstić information content (AvgIpc) is 2.39. The van der Waals surface area contributed by atoms with E-state index in [0.717, 1.165) is 17.1 Å². The lowest BCUT2D eigenvalue weighted by Gasteiger charge is -2.26. The van der Waals surface area contributed by atoms with Crippen LogP contribution in [0.15, 0.2) is 0 Å². The van der Waals surface area contributed by atoms with Gasteiger partial charge in [-0.1, -0.05) is 12.8 Å². The molecule has 5 nitrogen and oxygen atoms in total. The summed E-state index contributed by atoms with van der Waals surface area (Å²) in [5.41, 5.74) is 5.63. The molecule has 1 atom stereocenters. The number of halogens is 3. The number of nitrogens with zero attached hydrogens (tertiary/aromatic N) is 1. The summed E-state index contributed by atoms with van der Waals surface area (Å²) in [6.45, 7) is -1.41. The molecule has 0 spiro atoms. The minimum atomic E-state index is -4.57. The van der Waals surface area contributed by atoms with E-state index < -0.39 is 29.1 Å². The Morgan fingerprint density at radius 2 is 1.94 bits per heavy atom. The van der Waals surface area contributed by atoms with Crippen molar-refractivity contribution in [2.45, 2.75) is 38.0 Å². The van der Waals surface area contributed by atoms with E-state index in [2.05, 4.69) is 0 Å². The monoisotopic (exact) mass is 275 g/mol. The normalized spacial score (nSPS) is 24.6. The minimum absolute atomic E-state index is 0.161. The fourth-order valence-electron chi connectivity index (χ4n) is 1.66. The molecule has 1 unspecified atom stereocenters. The highest BCUT2D eigenvalue weighted by molar-refractivity contribution is 7.87. The van der Waals surface area contributed by atoms with Gasteiger partial charge < -0.3 is 5.73 Å². The summed E-state index contributed by atoms with van der Waals surface area (Å²) in [5.74, 6) is 0. The van der Waals surface area contributed by atoms with E-state index in [9.17, 15) is 21.6 Å². The number of rotatable bonds is 3. The fourth-order valence-corrected chi connectivity index (χ4v) is 3.01. The van der Waals surface area contributed by atoms with Gasteiger partial charge in [0.25, 0.3) is 10.2 Å². The summed E-state index contributed by atoms with van der Waals surface area (Å²) in [6.07, 6.45) is -2.62. The average molecular weight is 275 g/mol. The zero-order chi connectivity index (χ0) is 13.1. The molecule has 0 radical (unpaired) electrons. The Morgan fingerprint density at radius 1 is 1.29 bits per heavy atom.